The van der Waals surface area contributed by atoms with Crippen molar-refractivity contribution in [1.82, 2.24) is 0 Å². The van der Waals surface area contributed by atoms with E-state index in [0.717, 1.165) is 19.0 Å². The Kier molecular flexibility index (Phi) is 2.37. The van der Waals surface area contributed by atoms with Gasteiger partial charge in [0.2, 0.25) is 0 Å². The Morgan fingerprint density at radius 3 is 2.71 bits per heavy atom. The molecule has 4 heteroatoms. The van der Waals surface area contributed by atoms with Crippen molar-refractivity contribution in [2.75, 3.05) is 18.0 Å². The molecule has 76 valence electrons. The number of nitrogens with zero attached hydrogens (tertiary/aromatic N) is 1. The fraction of sp³-hybridized carbons (Fsp3) is 0.400. The van der Waals surface area contributed by atoms with E-state index in [2.05, 4.69) is 0 Å². The first kappa shape index (κ1) is 9.40. The Morgan fingerprint density at radius 1 is 1.36 bits per heavy atom. The zero-order valence-corrected chi connectivity index (χ0v) is 7.71. The maximum atomic E-state index is 13.3. The molecular formula is C10H12F2N2. The van der Waals surface area contributed by atoms with Gasteiger partial charge in [-0.05, 0) is 18.6 Å². The SMILES string of the molecule is NC1CCN(c2ccc(F)cc2F)C1. The fourth-order valence-electron chi connectivity index (χ4n) is 1.74. The van der Waals surface area contributed by atoms with Crippen molar-refractivity contribution in [3.8, 4) is 0 Å². The second-order valence-electron chi connectivity index (χ2n) is 3.59. The average molecular weight is 198 g/mol. The van der Waals surface area contributed by atoms with E-state index in [9.17, 15) is 8.78 Å². The van der Waals surface area contributed by atoms with Gasteiger partial charge in [0.15, 0.2) is 0 Å². The molecule has 1 unspecified atom stereocenters. The molecule has 1 fully saturated rings. The molecule has 0 amide bonds. The minimum atomic E-state index is -0.547. The zero-order chi connectivity index (χ0) is 10.1. The summed E-state index contributed by atoms with van der Waals surface area (Å²) in [6, 6.07) is 3.73. The number of halogens is 2. The summed E-state index contributed by atoms with van der Waals surface area (Å²) in [6.45, 7) is 1.38. The van der Waals surface area contributed by atoms with Crippen LogP contribution in [-0.4, -0.2) is 19.1 Å². The summed E-state index contributed by atoms with van der Waals surface area (Å²) < 4.78 is 25.9. The van der Waals surface area contributed by atoms with Gasteiger partial charge in [-0.2, -0.15) is 0 Å². The lowest BCUT2D eigenvalue weighted by molar-refractivity contribution is 0.581. The van der Waals surface area contributed by atoms with E-state index in [1.807, 2.05) is 4.90 Å². The molecule has 1 aliphatic rings. The first-order valence-electron chi connectivity index (χ1n) is 4.62. The lowest BCUT2D eigenvalue weighted by atomic mass is 10.2. The monoisotopic (exact) mass is 198 g/mol. The molecule has 1 aromatic carbocycles. The van der Waals surface area contributed by atoms with E-state index in [0.29, 0.717) is 12.2 Å². The predicted molar refractivity (Wildman–Crippen MR) is 51.2 cm³/mol. The number of anilines is 1. The van der Waals surface area contributed by atoms with Gasteiger partial charge in [-0.15, -0.1) is 0 Å². The van der Waals surface area contributed by atoms with Gasteiger partial charge in [-0.3, -0.25) is 0 Å². The van der Waals surface area contributed by atoms with Gasteiger partial charge >= 0.3 is 0 Å². The highest BCUT2D eigenvalue weighted by Gasteiger charge is 2.21. The van der Waals surface area contributed by atoms with Crippen LogP contribution >= 0.6 is 0 Å². The van der Waals surface area contributed by atoms with Crippen LogP contribution in [0.4, 0.5) is 14.5 Å². The van der Waals surface area contributed by atoms with Crippen LogP contribution in [-0.2, 0) is 0 Å². The largest absolute Gasteiger partial charge is 0.368 e. The average Bonchev–Trinajstić information content (AvgIpc) is 2.51. The van der Waals surface area contributed by atoms with Gasteiger partial charge in [0.05, 0.1) is 5.69 Å². The van der Waals surface area contributed by atoms with Gasteiger partial charge < -0.3 is 10.6 Å². The van der Waals surface area contributed by atoms with Crippen LogP contribution in [0.1, 0.15) is 6.42 Å². The highest BCUT2D eigenvalue weighted by atomic mass is 19.1. The third-order valence-corrected chi connectivity index (χ3v) is 2.48. The van der Waals surface area contributed by atoms with Gasteiger partial charge in [-0.1, -0.05) is 0 Å². The summed E-state index contributed by atoms with van der Waals surface area (Å²) in [6.07, 6.45) is 0.858. The Labute approximate surface area is 81.3 Å². The minimum absolute atomic E-state index is 0.0967. The maximum Gasteiger partial charge on any atom is 0.149 e. The standard InChI is InChI=1S/C10H12F2N2/c11-7-1-2-10(9(12)5-7)14-4-3-8(13)6-14/h1-2,5,8H,3-4,6,13H2. The molecule has 0 spiro atoms. The molecule has 2 nitrogen and oxygen atoms in total. The van der Waals surface area contributed by atoms with Crippen LogP contribution < -0.4 is 10.6 Å². The molecular weight excluding hydrogens is 186 g/mol. The summed E-state index contributed by atoms with van der Waals surface area (Å²) in [7, 11) is 0. The Balaban J connectivity index is 2.24. The van der Waals surface area contributed by atoms with E-state index >= 15 is 0 Å². The zero-order valence-electron chi connectivity index (χ0n) is 7.71. The van der Waals surface area contributed by atoms with E-state index in [1.54, 1.807) is 0 Å². The predicted octanol–water partition coefficient (Wildman–Crippen LogP) is 1.50. The smallest absolute Gasteiger partial charge is 0.149 e. The molecule has 0 bridgehead atoms. The third-order valence-electron chi connectivity index (χ3n) is 2.48. The summed E-state index contributed by atoms with van der Waals surface area (Å²) >= 11 is 0. The summed E-state index contributed by atoms with van der Waals surface area (Å²) in [5, 5.41) is 0. The topological polar surface area (TPSA) is 29.3 Å². The first-order valence-corrected chi connectivity index (χ1v) is 4.62. The maximum absolute atomic E-state index is 13.3. The molecule has 1 aromatic rings. The molecule has 0 aromatic heterocycles. The van der Waals surface area contributed by atoms with Crippen LogP contribution in [0.15, 0.2) is 18.2 Å². The molecule has 0 saturated carbocycles. The first-order chi connectivity index (χ1) is 6.66. The van der Waals surface area contributed by atoms with E-state index < -0.39 is 11.6 Å². The lowest BCUT2D eigenvalue weighted by Gasteiger charge is -2.18. The van der Waals surface area contributed by atoms with Crippen molar-refractivity contribution in [2.24, 2.45) is 5.73 Å². The van der Waals surface area contributed by atoms with Crippen molar-refractivity contribution in [3.63, 3.8) is 0 Å². The van der Waals surface area contributed by atoms with E-state index in [-0.39, 0.29) is 6.04 Å². The van der Waals surface area contributed by atoms with Crippen molar-refractivity contribution >= 4 is 5.69 Å². The molecule has 1 aliphatic heterocycles. The number of hydrogen-bond donors (Lipinski definition) is 1. The molecule has 1 atom stereocenters. The lowest BCUT2D eigenvalue weighted by Crippen LogP contribution is -2.26. The van der Waals surface area contributed by atoms with E-state index in [1.165, 1.54) is 12.1 Å². The minimum Gasteiger partial charge on any atom is -0.368 e. The van der Waals surface area contributed by atoms with Crippen molar-refractivity contribution < 1.29 is 8.78 Å². The van der Waals surface area contributed by atoms with Gasteiger partial charge in [-0.25, -0.2) is 8.78 Å². The van der Waals surface area contributed by atoms with Crippen LogP contribution in [0.5, 0.6) is 0 Å². The molecule has 2 N–H and O–H groups in total. The number of hydrogen-bond acceptors (Lipinski definition) is 2. The number of nitrogens with two attached hydrogens (primary N) is 1. The number of benzene rings is 1. The Bertz CT molecular complexity index is 341. The van der Waals surface area contributed by atoms with Crippen molar-refractivity contribution in [2.45, 2.75) is 12.5 Å². The molecule has 0 aliphatic carbocycles. The molecule has 1 heterocycles. The number of rotatable bonds is 1. The second kappa shape index (κ2) is 3.53. The quantitative estimate of drug-likeness (QED) is 0.741. The van der Waals surface area contributed by atoms with Gasteiger partial charge in [0, 0.05) is 25.2 Å². The van der Waals surface area contributed by atoms with Crippen LogP contribution in [0, 0.1) is 11.6 Å². The summed E-state index contributed by atoms with van der Waals surface area (Å²) in [5.74, 6) is -1.06. The summed E-state index contributed by atoms with van der Waals surface area (Å²) in [5.41, 5.74) is 6.15. The molecule has 2 rings (SSSR count). The highest BCUT2D eigenvalue weighted by Crippen LogP contribution is 2.23. The fourth-order valence-corrected chi connectivity index (χ4v) is 1.74. The molecule has 0 radical (unpaired) electrons. The Morgan fingerprint density at radius 2 is 2.14 bits per heavy atom. The van der Waals surface area contributed by atoms with Crippen LogP contribution in [0.2, 0.25) is 0 Å². The highest BCUT2D eigenvalue weighted by molar-refractivity contribution is 5.49. The normalized spacial score (nSPS) is 21.6. The molecule has 14 heavy (non-hydrogen) atoms. The van der Waals surface area contributed by atoms with Gasteiger partial charge in [0.1, 0.15) is 11.6 Å². The van der Waals surface area contributed by atoms with Crippen LogP contribution in [0.3, 0.4) is 0 Å². The molecule has 1 saturated heterocycles. The summed E-state index contributed by atoms with van der Waals surface area (Å²) in [4.78, 5) is 1.85. The van der Waals surface area contributed by atoms with Gasteiger partial charge in [0.25, 0.3) is 0 Å². The second-order valence-corrected chi connectivity index (χ2v) is 3.59. The van der Waals surface area contributed by atoms with Crippen molar-refractivity contribution in [1.29, 1.82) is 0 Å². The van der Waals surface area contributed by atoms with Crippen molar-refractivity contribution in [3.05, 3.63) is 29.8 Å². The third kappa shape index (κ3) is 1.70. The van der Waals surface area contributed by atoms with Crippen LogP contribution in [0.25, 0.3) is 0 Å². The van der Waals surface area contributed by atoms with E-state index in [4.69, 9.17) is 5.73 Å². The Hall–Kier alpha value is -1.16.